The van der Waals surface area contributed by atoms with Crippen LogP contribution in [0.15, 0.2) is 64.4 Å². The fourth-order valence-electron chi connectivity index (χ4n) is 2.86. The molecule has 0 saturated heterocycles. The summed E-state index contributed by atoms with van der Waals surface area (Å²) < 4.78 is 7.11. The third kappa shape index (κ3) is 2.66. The van der Waals surface area contributed by atoms with E-state index in [4.69, 9.17) is 9.72 Å². The molecule has 1 N–H and O–H groups in total. The first-order chi connectivity index (χ1) is 12.7. The number of H-pyrrole nitrogens is 1. The van der Waals surface area contributed by atoms with Gasteiger partial charge in [-0.05, 0) is 30.5 Å². The van der Waals surface area contributed by atoms with Crippen LogP contribution in [0, 0.1) is 0 Å². The molecule has 4 aromatic rings. The van der Waals surface area contributed by atoms with Crippen molar-refractivity contribution in [1.82, 2.24) is 19.7 Å². The zero-order valence-corrected chi connectivity index (χ0v) is 15.1. The van der Waals surface area contributed by atoms with E-state index in [0.29, 0.717) is 27.6 Å². The largest absolute Gasteiger partial charge is 0.496 e. The Hall–Kier alpha value is -3.06. The molecule has 0 unspecified atom stereocenters. The van der Waals surface area contributed by atoms with E-state index in [0.717, 1.165) is 11.3 Å². The molecule has 0 aliphatic rings. The molecule has 2 aromatic heterocycles. The molecule has 0 radical (unpaired) electrons. The molecule has 0 amide bonds. The molecule has 0 bridgehead atoms. The number of nitrogens with zero attached hydrogens (tertiary/aromatic N) is 3. The van der Waals surface area contributed by atoms with Crippen molar-refractivity contribution in [1.29, 1.82) is 0 Å². The maximum atomic E-state index is 12.8. The summed E-state index contributed by atoms with van der Waals surface area (Å²) in [5.41, 5.74) is 1.87. The third-order valence-electron chi connectivity index (χ3n) is 4.06. The Balaban J connectivity index is 2.04. The van der Waals surface area contributed by atoms with Gasteiger partial charge in [-0.1, -0.05) is 30.3 Å². The van der Waals surface area contributed by atoms with Crippen molar-refractivity contribution in [3.8, 4) is 22.8 Å². The van der Waals surface area contributed by atoms with Gasteiger partial charge in [0, 0.05) is 0 Å². The lowest BCUT2D eigenvalue weighted by Crippen LogP contribution is -2.11. The van der Waals surface area contributed by atoms with Crippen LogP contribution in [0.3, 0.4) is 0 Å². The van der Waals surface area contributed by atoms with Gasteiger partial charge in [0.25, 0.3) is 5.56 Å². The zero-order chi connectivity index (χ0) is 18.1. The van der Waals surface area contributed by atoms with Crippen LogP contribution in [-0.4, -0.2) is 33.1 Å². The number of hydrogen-bond donors (Lipinski definition) is 1. The van der Waals surface area contributed by atoms with Crippen molar-refractivity contribution in [3.63, 3.8) is 0 Å². The van der Waals surface area contributed by atoms with Crippen LogP contribution in [0.4, 0.5) is 0 Å². The molecule has 4 rings (SSSR count). The second kappa shape index (κ2) is 6.68. The van der Waals surface area contributed by atoms with Gasteiger partial charge in [-0.25, -0.2) is 9.67 Å². The number of aromatic amines is 1. The molecule has 7 heteroatoms. The highest BCUT2D eigenvalue weighted by Gasteiger charge is 2.19. The predicted octanol–water partition coefficient (Wildman–Crippen LogP) is 3.51. The van der Waals surface area contributed by atoms with Gasteiger partial charge in [-0.15, -0.1) is 11.8 Å². The SMILES string of the molecule is COc1ccccc1-c1nc2c(c(SC)nn2-c2ccccc2)c(=O)[nH]1. The van der Waals surface area contributed by atoms with Crippen LogP contribution in [0.2, 0.25) is 0 Å². The first-order valence-corrected chi connectivity index (χ1v) is 9.21. The molecule has 0 aliphatic heterocycles. The average molecular weight is 364 g/mol. The highest BCUT2D eigenvalue weighted by atomic mass is 32.2. The Kier molecular flexibility index (Phi) is 4.22. The molecule has 0 saturated carbocycles. The number of ether oxygens (including phenoxy) is 1. The van der Waals surface area contributed by atoms with Gasteiger partial charge in [0.15, 0.2) is 5.65 Å². The fraction of sp³-hybridized carbons (Fsp3) is 0.105. The molecule has 130 valence electrons. The van der Waals surface area contributed by atoms with Gasteiger partial charge in [0.05, 0.1) is 18.4 Å². The standard InChI is InChI=1S/C19H16N4O2S/c1-25-14-11-7-6-10-13(14)16-20-17-15(18(24)21-16)19(26-2)22-23(17)12-8-4-3-5-9-12/h3-11H,1-2H3,(H,20,21,24). The lowest BCUT2D eigenvalue weighted by atomic mass is 10.2. The van der Waals surface area contributed by atoms with Crippen molar-refractivity contribution >= 4 is 22.8 Å². The van der Waals surface area contributed by atoms with E-state index in [-0.39, 0.29) is 5.56 Å². The molecular weight excluding hydrogens is 348 g/mol. The van der Waals surface area contributed by atoms with E-state index in [9.17, 15) is 4.79 Å². The summed E-state index contributed by atoms with van der Waals surface area (Å²) in [7, 11) is 1.59. The number of nitrogens with one attached hydrogen (secondary N) is 1. The molecule has 0 spiro atoms. The first-order valence-electron chi connectivity index (χ1n) is 7.98. The summed E-state index contributed by atoms with van der Waals surface area (Å²) in [4.78, 5) is 20.4. The summed E-state index contributed by atoms with van der Waals surface area (Å²) >= 11 is 1.42. The highest BCUT2D eigenvalue weighted by Crippen LogP contribution is 2.29. The van der Waals surface area contributed by atoms with E-state index in [1.165, 1.54) is 11.8 Å². The van der Waals surface area contributed by atoms with Crippen molar-refractivity contribution in [2.24, 2.45) is 0 Å². The third-order valence-corrected chi connectivity index (χ3v) is 4.73. The topological polar surface area (TPSA) is 72.8 Å². The number of fused-ring (bicyclic) bond motifs is 1. The van der Waals surface area contributed by atoms with Gasteiger partial charge in [-0.3, -0.25) is 4.79 Å². The van der Waals surface area contributed by atoms with Gasteiger partial charge in [-0.2, -0.15) is 5.10 Å². The smallest absolute Gasteiger partial charge is 0.263 e. The molecule has 6 nitrogen and oxygen atoms in total. The predicted molar refractivity (Wildman–Crippen MR) is 103 cm³/mol. The number of thioether (sulfide) groups is 1. The number of rotatable bonds is 4. The lowest BCUT2D eigenvalue weighted by Gasteiger charge is -2.08. The average Bonchev–Trinajstić information content (AvgIpc) is 3.08. The zero-order valence-electron chi connectivity index (χ0n) is 14.3. The maximum absolute atomic E-state index is 12.8. The molecule has 26 heavy (non-hydrogen) atoms. The second-order valence-electron chi connectivity index (χ2n) is 5.57. The molecule has 0 atom stereocenters. The molecular formula is C19H16N4O2S. The fourth-order valence-corrected chi connectivity index (χ4v) is 3.41. The van der Waals surface area contributed by atoms with Crippen molar-refractivity contribution in [3.05, 3.63) is 65.0 Å². The Morgan fingerprint density at radius 3 is 2.54 bits per heavy atom. The summed E-state index contributed by atoms with van der Waals surface area (Å²) in [6, 6.07) is 17.1. The van der Waals surface area contributed by atoms with Crippen molar-refractivity contribution in [2.45, 2.75) is 5.03 Å². The molecule has 2 aromatic carbocycles. The lowest BCUT2D eigenvalue weighted by molar-refractivity contribution is 0.416. The van der Waals surface area contributed by atoms with Crippen LogP contribution < -0.4 is 10.3 Å². The number of benzene rings is 2. The van der Waals surface area contributed by atoms with Crippen LogP contribution in [0.25, 0.3) is 28.1 Å². The van der Waals surface area contributed by atoms with E-state index < -0.39 is 0 Å². The van der Waals surface area contributed by atoms with Gasteiger partial charge in [0.1, 0.15) is 22.0 Å². The minimum Gasteiger partial charge on any atom is -0.496 e. The van der Waals surface area contributed by atoms with Crippen molar-refractivity contribution in [2.75, 3.05) is 13.4 Å². The Labute approximate surface area is 153 Å². The molecule has 0 aliphatic carbocycles. The summed E-state index contributed by atoms with van der Waals surface area (Å²) in [6.45, 7) is 0. The van der Waals surface area contributed by atoms with Crippen molar-refractivity contribution < 1.29 is 4.74 Å². The summed E-state index contributed by atoms with van der Waals surface area (Å²) in [5.74, 6) is 1.09. The minimum atomic E-state index is -0.220. The van der Waals surface area contributed by atoms with Crippen LogP contribution in [0.1, 0.15) is 0 Å². The quantitative estimate of drug-likeness (QED) is 0.561. The number of para-hydroxylation sites is 2. The van der Waals surface area contributed by atoms with Gasteiger partial charge >= 0.3 is 0 Å². The monoisotopic (exact) mass is 364 g/mol. The van der Waals surface area contributed by atoms with Crippen LogP contribution in [0.5, 0.6) is 5.75 Å². The normalized spacial score (nSPS) is 11.0. The maximum Gasteiger partial charge on any atom is 0.263 e. The molecule has 2 heterocycles. The minimum absolute atomic E-state index is 0.220. The number of hydrogen-bond acceptors (Lipinski definition) is 5. The highest BCUT2D eigenvalue weighted by molar-refractivity contribution is 7.98. The van der Waals surface area contributed by atoms with E-state index in [1.807, 2.05) is 60.9 Å². The Morgan fingerprint density at radius 1 is 1.08 bits per heavy atom. The van der Waals surface area contributed by atoms with Gasteiger partial charge in [0.2, 0.25) is 0 Å². The van der Waals surface area contributed by atoms with Gasteiger partial charge < -0.3 is 9.72 Å². The number of aromatic nitrogens is 4. The Bertz CT molecular complexity index is 1140. The van der Waals surface area contributed by atoms with E-state index in [1.54, 1.807) is 11.8 Å². The first kappa shape index (κ1) is 16.4. The number of methoxy groups -OCH3 is 1. The second-order valence-corrected chi connectivity index (χ2v) is 6.37. The summed E-state index contributed by atoms with van der Waals surface area (Å²) in [5, 5.41) is 5.71. The van der Waals surface area contributed by atoms with E-state index in [2.05, 4.69) is 10.1 Å². The van der Waals surface area contributed by atoms with Crippen LogP contribution in [-0.2, 0) is 0 Å². The van der Waals surface area contributed by atoms with E-state index >= 15 is 0 Å². The Morgan fingerprint density at radius 2 is 1.81 bits per heavy atom. The summed E-state index contributed by atoms with van der Waals surface area (Å²) in [6.07, 6.45) is 1.89. The molecule has 0 fully saturated rings. The van der Waals surface area contributed by atoms with Crippen LogP contribution >= 0.6 is 11.8 Å².